The van der Waals surface area contributed by atoms with Gasteiger partial charge in [0.05, 0.1) is 19.8 Å². The highest BCUT2D eigenvalue weighted by Crippen LogP contribution is 2.35. The van der Waals surface area contributed by atoms with Crippen molar-refractivity contribution in [3.63, 3.8) is 0 Å². The first-order valence-electron chi connectivity index (χ1n) is 7.33. The van der Waals surface area contributed by atoms with Gasteiger partial charge in [-0.2, -0.15) is 0 Å². The number of ether oxygens (including phenoxy) is 2. The molecular weight excluding hydrogens is 238 g/mol. The molecule has 3 nitrogen and oxygen atoms in total. The zero-order chi connectivity index (χ0) is 13.1. The Balaban J connectivity index is 1.69. The van der Waals surface area contributed by atoms with Crippen LogP contribution in [0.4, 0.5) is 0 Å². The fourth-order valence-electron chi connectivity index (χ4n) is 3.36. The number of hydrogen-bond donors (Lipinski definition) is 1. The second-order valence-corrected chi connectivity index (χ2v) is 5.76. The van der Waals surface area contributed by atoms with Gasteiger partial charge in [-0.05, 0) is 18.9 Å². The van der Waals surface area contributed by atoms with Gasteiger partial charge in [0.15, 0.2) is 0 Å². The third-order valence-electron chi connectivity index (χ3n) is 4.52. The summed E-state index contributed by atoms with van der Waals surface area (Å²) in [6.45, 7) is 1.72. The van der Waals surface area contributed by atoms with E-state index in [1.54, 1.807) is 7.11 Å². The second-order valence-electron chi connectivity index (χ2n) is 5.76. The van der Waals surface area contributed by atoms with Crippen LogP contribution in [0.2, 0.25) is 0 Å². The summed E-state index contributed by atoms with van der Waals surface area (Å²) >= 11 is 0. The number of methoxy groups -OCH3 is 1. The Morgan fingerprint density at radius 1 is 1.21 bits per heavy atom. The number of benzene rings is 1. The minimum absolute atomic E-state index is 0.115. The first kappa shape index (κ1) is 12.9. The molecule has 104 valence electrons. The second kappa shape index (κ2) is 5.51. The largest absolute Gasteiger partial charge is 0.496 e. The van der Waals surface area contributed by atoms with Gasteiger partial charge in [0, 0.05) is 17.6 Å². The van der Waals surface area contributed by atoms with Gasteiger partial charge >= 0.3 is 0 Å². The molecule has 3 heteroatoms. The van der Waals surface area contributed by atoms with E-state index >= 15 is 0 Å². The van der Waals surface area contributed by atoms with Crippen LogP contribution in [0.5, 0.6) is 5.75 Å². The normalized spacial score (nSPS) is 26.3. The molecule has 1 saturated heterocycles. The molecule has 1 aliphatic heterocycles. The van der Waals surface area contributed by atoms with Gasteiger partial charge in [0.1, 0.15) is 5.75 Å². The highest BCUT2D eigenvalue weighted by molar-refractivity contribution is 5.35. The molecule has 19 heavy (non-hydrogen) atoms. The number of morpholine rings is 1. The molecule has 1 spiro atoms. The van der Waals surface area contributed by atoms with Gasteiger partial charge in [-0.15, -0.1) is 0 Å². The summed E-state index contributed by atoms with van der Waals surface area (Å²) in [5.41, 5.74) is 1.40. The van der Waals surface area contributed by atoms with Gasteiger partial charge in [-0.25, -0.2) is 0 Å². The zero-order valence-corrected chi connectivity index (χ0v) is 11.7. The van der Waals surface area contributed by atoms with E-state index in [9.17, 15) is 0 Å². The number of nitrogens with one attached hydrogen (secondary N) is 1. The van der Waals surface area contributed by atoms with Crippen molar-refractivity contribution in [1.29, 1.82) is 0 Å². The first-order chi connectivity index (χ1) is 9.33. The molecule has 1 aromatic rings. The maximum absolute atomic E-state index is 6.16. The molecule has 2 fully saturated rings. The minimum atomic E-state index is 0.115. The monoisotopic (exact) mass is 261 g/mol. The van der Waals surface area contributed by atoms with E-state index in [1.807, 2.05) is 18.2 Å². The zero-order valence-electron chi connectivity index (χ0n) is 11.7. The molecule has 1 saturated carbocycles. The van der Waals surface area contributed by atoms with Crippen LogP contribution in [0.3, 0.4) is 0 Å². The lowest BCUT2D eigenvalue weighted by atomic mass is 9.81. The summed E-state index contributed by atoms with van der Waals surface area (Å²) in [6.07, 6.45) is 6.66. The van der Waals surface area contributed by atoms with Crippen LogP contribution >= 0.6 is 0 Å². The lowest BCUT2D eigenvalue weighted by Crippen LogP contribution is -2.55. The molecule has 0 amide bonds. The van der Waals surface area contributed by atoms with Crippen LogP contribution in [0.1, 0.15) is 43.8 Å². The molecule has 3 rings (SSSR count). The number of para-hydroxylation sites is 1. The van der Waals surface area contributed by atoms with Crippen LogP contribution in [0, 0.1) is 0 Å². The van der Waals surface area contributed by atoms with Crippen LogP contribution in [0.25, 0.3) is 0 Å². The molecule has 1 heterocycles. The first-order valence-corrected chi connectivity index (χ1v) is 7.33. The van der Waals surface area contributed by atoms with Crippen LogP contribution in [0.15, 0.2) is 24.3 Å². The molecule has 1 N–H and O–H groups in total. The molecule has 1 aliphatic carbocycles. The predicted octanol–water partition coefficient (Wildman–Crippen LogP) is 3.06. The van der Waals surface area contributed by atoms with Gasteiger partial charge < -0.3 is 14.8 Å². The molecule has 0 aromatic heterocycles. The Morgan fingerprint density at radius 3 is 2.68 bits per heavy atom. The van der Waals surface area contributed by atoms with Crippen molar-refractivity contribution >= 4 is 0 Å². The fraction of sp³-hybridized carbons (Fsp3) is 0.625. The maximum atomic E-state index is 6.16. The molecule has 1 aromatic carbocycles. The van der Waals surface area contributed by atoms with Crippen molar-refractivity contribution in [3.8, 4) is 5.75 Å². The third kappa shape index (κ3) is 2.63. The van der Waals surface area contributed by atoms with Gasteiger partial charge in [0.2, 0.25) is 0 Å². The predicted molar refractivity (Wildman–Crippen MR) is 75.5 cm³/mol. The molecule has 0 radical (unpaired) electrons. The van der Waals surface area contributed by atoms with E-state index in [0.29, 0.717) is 0 Å². The van der Waals surface area contributed by atoms with Gasteiger partial charge in [-0.3, -0.25) is 0 Å². The number of rotatable bonds is 2. The van der Waals surface area contributed by atoms with E-state index in [0.717, 1.165) is 24.5 Å². The SMILES string of the molecule is COc1ccccc1C1CNC2(CCCCC2)CO1. The topological polar surface area (TPSA) is 30.5 Å². The minimum Gasteiger partial charge on any atom is -0.496 e. The average Bonchev–Trinajstić information content (AvgIpc) is 2.49. The summed E-state index contributed by atoms with van der Waals surface area (Å²) in [6, 6.07) is 8.15. The van der Waals surface area contributed by atoms with E-state index in [4.69, 9.17) is 9.47 Å². The van der Waals surface area contributed by atoms with E-state index in [1.165, 1.54) is 32.1 Å². The quantitative estimate of drug-likeness (QED) is 0.887. The van der Waals surface area contributed by atoms with Crippen molar-refractivity contribution in [2.75, 3.05) is 20.3 Å². The molecule has 2 aliphatic rings. The summed E-state index contributed by atoms with van der Waals surface area (Å²) in [4.78, 5) is 0. The van der Waals surface area contributed by atoms with Crippen molar-refractivity contribution < 1.29 is 9.47 Å². The molecule has 1 unspecified atom stereocenters. The third-order valence-corrected chi connectivity index (χ3v) is 4.52. The lowest BCUT2D eigenvalue weighted by molar-refractivity contribution is -0.0474. The summed E-state index contributed by atoms with van der Waals surface area (Å²) < 4.78 is 11.6. The molecular formula is C16H23NO2. The van der Waals surface area contributed by atoms with E-state index in [-0.39, 0.29) is 11.6 Å². The summed E-state index contributed by atoms with van der Waals surface area (Å²) in [5, 5.41) is 3.75. The Kier molecular flexibility index (Phi) is 3.76. The van der Waals surface area contributed by atoms with Crippen molar-refractivity contribution in [1.82, 2.24) is 5.32 Å². The molecule has 0 bridgehead atoms. The smallest absolute Gasteiger partial charge is 0.124 e. The maximum Gasteiger partial charge on any atom is 0.124 e. The van der Waals surface area contributed by atoms with Crippen LogP contribution in [-0.2, 0) is 4.74 Å². The van der Waals surface area contributed by atoms with Crippen LogP contribution in [-0.4, -0.2) is 25.8 Å². The van der Waals surface area contributed by atoms with Crippen molar-refractivity contribution in [2.45, 2.75) is 43.7 Å². The lowest BCUT2D eigenvalue weighted by Gasteiger charge is -2.44. The van der Waals surface area contributed by atoms with E-state index < -0.39 is 0 Å². The Bertz CT molecular complexity index is 417. The summed E-state index contributed by atoms with van der Waals surface area (Å²) in [7, 11) is 1.72. The Morgan fingerprint density at radius 2 is 2.00 bits per heavy atom. The average molecular weight is 261 g/mol. The fourth-order valence-corrected chi connectivity index (χ4v) is 3.36. The van der Waals surface area contributed by atoms with Crippen molar-refractivity contribution in [3.05, 3.63) is 29.8 Å². The Hall–Kier alpha value is -1.06. The van der Waals surface area contributed by atoms with Gasteiger partial charge in [-0.1, -0.05) is 37.5 Å². The number of hydrogen-bond acceptors (Lipinski definition) is 3. The Labute approximate surface area is 115 Å². The van der Waals surface area contributed by atoms with Gasteiger partial charge in [0.25, 0.3) is 0 Å². The van der Waals surface area contributed by atoms with Crippen molar-refractivity contribution in [2.24, 2.45) is 0 Å². The molecule has 1 atom stereocenters. The standard InChI is InChI=1S/C16H23NO2/c1-18-14-8-4-3-7-13(14)15-11-17-16(12-19-15)9-5-2-6-10-16/h3-4,7-8,15,17H,2,5-6,9-12H2,1H3. The highest BCUT2D eigenvalue weighted by Gasteiger charge is 2.37. The summed E-state index contributed by atoms with van der Waals surface area (Å²) in [5.74, 6) is 0.925. The van der Waals surface area contributed by atoms with Crippen LogP contribution < -0.4 is 10.1 Å². The van der Waals surface area contributed by atoms with E-state index in [2.05, 4.69) is 11.4 Å². The highest BCUT2D eigenvalue weighted by atomic mass is 16.5.